The number of benzene rings is 1. The van der Waals surface area contributed by atoms with E-state index in [9.17, 15) is 13.2 Å². The molecular formula is C22H36N4O3S. The number of sulfonamides is 1. The highest BCUT2D eigenvalue weighted by Crippen LogP contribution is 2.22. The molecule has 0 unspecified atom stereocenters. The molecular weight excluding hydrogens is 400 g/mol. The van der Waals surface area contributed by atoms with Crippen LogP contribution in [0.15, 0.2) is 23.1 Å². The van der Waals surface area contributed by atoms with Gasteiger partial charge in [-0.1, -0.05) is 18.6 Å². The third kappa shape index (κ3) is 6.03. The maximum Gasteiger partial charge on any atom is 0.243 e. The van der Waals surface area contributed by atoms with Gasteiger partial charge >= 0.3 is 0 Å². The van der Waals surface area contributed by atoms with Gasteiger partial charge in [0.25, 0.3) is 0 Å². The third-order valence-corrected chi connectivity index (χ3v) is 8.06. The van der Waals surface area contributed by atoms with Gasteiger partial charge in [0.2, 0.25) is 15.9 Å². The van der Waals surface area contributed by atoms with Gasteiger partial charge in [0.15, 0.2) is 0 Å². The van der Waals surface area contributed by atoms with E-state index < -0.39 is 10.0 Å². The number of likely N-dealkylation sites (tertiary alicyclic amines) is 1. The summed E-state index contributed by atoms with van der Waals surface area (Å²) in [7, 11) is -3.74. The summed E-state index contributed by atoms with van der Waals surface area (Å²) >= 11 is 0. The van der Waals surface area contributed by atoms with Crippen LogP contribution in [0, 0.1) is 13.8 Å². The van der Waals surface area contributed by atoms with Crippen molar-refractivity contribution >= 4 is 15.9 Å². The maximum atomic E-state index is 13.5. The summed E-state index contributed by atoms with van der Waals surface area (Å²) in [6.07, 6.45) is 4.44. The lowest BCUT2D eigenvalue weighted by Gasteiger charge is -2.31. The first kappa shape index (κ1) is 23.2. The highest BCUT2D eigenvalue weighted by atomic mass is 32.2. The standard InChI is InChI=1S/C22H36N4O3S/c1-19-7-8-20(2)21(17-19)30(28,29)26(14-6-13-24-11-4-3-5-12-24)18-22(27)25-15-9-23-10-16-25/h7-8,17,23H,3-6,9-16,18H2,1-2H3. The minimum absolute atomic E-state index is 0.0876. The first-order chi connectivity index (χ1) is 14.4. The van der Waals surface area contributed by atoms with Crippen molar-refractivity contribution in [3.8, 4) is 0 Å². The zero-order valence-corrected chi connectivity index (χ0v) is 19.2. The normalized spacial score (nSPS) is 18.7. The van der Waals surface area contributed by atoms with E-state index in [0.717, 1.165) is 50.3 Å². The van der Waals surface area contributed by atoms with Crippen molar-refractivity contribution in [3.63, 3.8) is 0 Å². The average molecular weight is 437 g/mol. The topological polar surface area (TPSA) is 73.0 Å². The molecule has 8 heteroatoms. The highest BCUT2D eigenvalue weighted by Gasteiger charge is 2.30. The number of piperidine rings is 1. The number of hydrogen-bond donors (Lipinski definition) is 1. The Morgan fingerprint density at radius 2 is 1.77 bits per heavy atom. The molecule has 0 aliphatic carbocycles. The third-order valence-electron chi connectivity index (χ3n) is 6.07. The number of aryl methyl sites for hydroxylation is 2. The summed E-state index contributed by atoms with van der Waals surface area (Å²) in [4.78, 5) is 17.4. The molecule has 0 atom stereocenters. The monoisotopic (exact) mass is 436 g/mol. The van der Waals surface area contributed by atoms with Crippen molar-refractivity contribution in [2.75, 3.05) is 58.9 Å². The molecule has 0 spiro atoms. The molecule has 0 bridgehead atoms. The minimum atomic E-state index is -3.74. The predicted octanol–water partition coefficient (Wildman–Crippen LogP) is 1.60. The molecule has 2 saturated heterocycles. The van der Waals surface area contributed by atoms with E-state index in [1.807, 2.05) is 26.0 Å². The SMILES string of the molecule is Cc1ccc(C)c(S(=O)(=O)N(CCCN2CCCCC2)CC(=O)N2CCNCC2)c1. The molecule has 1 amide bonds. The zero-order valence-electron chi connectivity index (χ0n) is 18.4. The van der Waals surface area contributed by atoms with Crippen molar-refractivity contribution < 1.29 is 13.2 Å². The maximum absolute atomic E-state index is 13.5. The lowest BCUT2D eigenvalue weighted by Crippen LogP contribution is -2.50. The Morgan fingerprint density at radius 1 is 1.07 bits per heavy atom. The van der Waals surface area contributed by atoms with Crippen LogP contribution in [0.3, 0.4) is 0 Å². The Hall–Kier alpha value is -1.48. The van der Waals surface area contributed by atoms with Gasteiger partial charge in [-0.25, -0.2) is 8.42 Å². The lowest BCUT2D eigenvalue weighted by atomic mass is 10.1. The van der Waals surface area contributed by atoms with Gasteiger partial charge in [-0.05, 0) is 69.9 Å². The van der Waals surface area contributed by atoms with Crippen LogP contribution in [-0.4, -0.2) is 87.3 Å². The molecule has 3 rings (SSSR count). The van der Waals surface area contributed by atoms with E-state index in [1.165, 1.54) is 23.6 Å². The summed E-state index contributed by atoms with van der Waals surface area (Å²) in [6, 6.07) is 5.48. The Labute approximate surface area is 181 Å². The van der Waals surface area contributed by atoms with Gasteiger partial charge in [-0.3, -0.25) is 4.79 Å². The van der Waals surface area contributed by atoms with Gasteiger partial charge in [0.1, 0.15) is 0 Å². The molecule has 7 nitrogen and oxygen atoms in total. The molecule has 2 aliphatic heterocycles. The number of carbonyl (C=O) groups is 1. The summed E-state index contributed by atoms with van der Waals surface area (Å²) in [5.74, 6) is -0.108. The van der Waals surface area contributed by atoms with Crippen molar-refractivity contribution in [2.45, 2.75) is 44.4 Å². The largest absolute Gasteiger partial charge is 0.339 e. The van der Waals surface area contributed by atoms with E-state index in [-0.39, 0.29) is 12.5 Å². The van der Waals surface area contributed by atoms with E-state index in [4.69, 9.17) is 0 Å². The summed E-state index contributed by atoms with van der Waals surface area (Å²) in [6.45, 7) is 9.80. The number of amides is 1. The van der Waals surface area contributed by atoms with Crippen molar-refractivity contribution in [1.29, 1.82) is 0 Å². The second-order valence-corrected chi connectivity index (χ2v) is 10.4. The van der Waals surface area contributed by atoms with E-state index >= 15 is 0 Å². The molecule has 0 aromatic heterocycles. The van der Waals surface area contributed by atoms with Crippen LogP contribution < -0.4 is 5.32 Å². The molecule has 30 heavy (non-hydrogen) atoms. The molecule has 2 heterocycles. The minimum Gasteiger partial charge on any atom is -0.339 e. The number of nitrogens with one attached hydrogen (secondary N) is 1. The van der Waals surface area contributed by atoms with Crippen LogP contribution in [0.1, 0.15) is 36.8 Å². The number of hydrogen-bond acceptors (Lipinski definition) is 5. The summed E-state index contributed by atoms with van der Waals surface area (Å²) < 4.78 is 28.5. The van der Waals surface area contributed by atoms with Gasteiger partial charge in [-0.2, -0.15) is 4.31 Å². The predicted molar refractivity (Wildman–Crippen MR) is 119 cm³/mol. The Morgan fingerprint density at radius 3 is 2.47 bits per heavy atom. The Balaban J connectivity index is 1.74. The summed E-state index contributed by atoms with van der Waals surface area (Å²) in [5, 5.41) is 3.23. The van der Waals surface area contributed by atoms with Crippen LogP contribution >= 0.6 is 0 Å². The molecule has 168 valence electrons. The molecule has 1 aromatic rings. The van der Waals surface area contributed by atoms with Crippen LogP contribution in [-0.2, 0) is 14.8 Å². The van der Waals surface area contributed by atoms with Crippen LogP contribution in [0.2, 0.25) is 0 Å². The van der Waals surface area contributed by atoms with E-state index in [0.29, 0.717) is 24.5 Å². The second kappa shape index (κ2) is 10.7. The lowest BCUT2D eigenvalue weighted by molar-refractivity contribution is -0.132. The summed E-state index contributed by atoms with van der Waals surface area (Å²) in [5.41, 5.74) is 1.62. The van der Waals surface area contributed by atoms with Crippen LogP contribution in [0.5, 0.6) is 0 Å². The fraction of sp³-hybridized carbons (Fsp3) is 0.682. The number of rotatable bonds is 8. The number of piperazine rings is 1. The van der Waals surface area contributed by atoms with Gasteiger partial charge in [0, 0.05) is 32.7 Å². The van der Waals surface area contributed by atoms with Gasteiger partial charge in [-0.15, -0.1) is 0 Å². The molecule has 1 aromatic carbocycles. The molecule has 0 radical (unpaired) electrons. The number of carbonyl (C=O) groups excluding carboxylic acids is 1. The fourth-order valence-corrected chi connectivity index (χ4v) is 5.97. The fourth-order valence-electron chi connectivity index (χ4n) is 4.23. The smallest absolute Gasteiger partial charge is 0.243 e. The van der Waals surface area contributed by atoms with E-state index in [1.54, 1.807) is 11.0 Å². The molecule has 2 fully saturated rings. The quantitative estimate of drug-likeness (QED) is 0.670. The van der Waals surface area contributed by atoms with Crippen LogP contribution in [0.4, 0.5) is 0 Å². The van der Waals surface area contributed by atoms with Gasteiger partial charge in [0.05, 0.1) is 11.4 Å². The Kier molecular flexibility index (Phi) is 8.27. The van der Waals surface area contributed by atoms with Crippen molar-refractivity contribution in [3.05, 3.63) is 29.3 Å². The number of nitrogens with zero attached hydrogens (tertiary/aromatic N) is 3. The first-order valence-electron chi connectivity index (χ1n) is 11.2. The van der Waals surface area contributed by atoms with E-state index in [2.05, 4.69) is 10.2 Å². The molecule has 2 aliphatic rings. The Bertz CT molecular complexity index is 816. The zero-order chi connectivity index (χ0) is 21.6. The van der Waals surface area contributed by atoms with Gasteiger partial charge < -0.3 is 15.1 Å². The van der Waals surface area contributed by atoms with Crippen LogP contribution in [0.25, 0.3) is 0 Å². The van der Waals surface area contributed by atoms with Crippen molar-refractivity contribution in [2.24, 2.45) is 0 Å². The van der Waals surface area contributed by atoms with Crippen molar-refractivity contribution in [1.82, 2.24) is 19.4 Å². The second-order valence-electron chi connectivity index (χ2n) is 8.49. The molecule has 1 N–H and O–H groups in total. The molecule has 0 saturated carbocycles. The first-order valence-corrected chi connectivity index (χ1v) is 12.6. The highest BCUT2D eigenvalue weighted by molar-refractivity contribution is 7.89. The average Bonchev–Trinajstić information content (AvgIpc) is 2.76.